The van der Waals surface area contributed by atoms with Crippen molar-refractivity contribution in [1.29, 1.82) is 0 Å². The highest BCUT2D eigenvalue weighted by Gasteiger charge is 2.36. The third kappa shape index (κ3) is 3.96. The summed E-state index contributed by atoms with van der Waals surface area (Å²) < 4.78 is 5.01. The Balaban J connectivity index is 2.56. The van der Waals surface area contributed by atoms with Crippen LogP contribution in [0.5, 0.6) is 0 Å². The van der Waals surface area contributed by atoms with Crippen LogP contribution in [-0.4, -0.2) is 36.4 Å². The molecular formula is C13H25NO3. The van der Waals surface area contributed by atoms with Crippen LogP contribution in [0.1, 0.15) is 46.0 Å². The summed E-state index contributed by atoms with van der Waals surface area (Å²) in [6, 6.07) is 0.228. The average Bonchev–Trinajstić information content (AvgIpc) is 2.30. The van der Waals surface area contributed by atoms with Gasteiger partial charge in [-0.15, -0.1) is 0 Å². The zero-order valence-corrected chi connectivity index (χ0v) is 11.2. The molecule has 0 aromatic carbocycles. The molecule has 2 atom stereocenters. The standard InChI is InChI=1S/C13H25NO3/c1-10(11-7-5-4-6-8-11)14-13(2,9-17-3)12(15)16/h10-11,14H,4-9H2,1-3H3,(H,15,16). The van der Waals surface area contributed by atoms with Gasteiger partial charge in [0.15, 0.2) is 0 Å². The summed E-state index contributed by atoms with van der Waals surface area (Å²) in [5.74, 6) is -0.249. The van der Waals surface area contributed by atoms with Gasteiger partial charge in [-0.25, -0.2) is 0 Å². The van der Waals surface area contributed by atoms with Gasteiger partial charge >= 0.3 is 5.97 Å². The maximum Gasteiger partial charge on any atom is 0.326 e. The number of carbonyl (C=O) groups is 1. The van der Waals surface area contributed by atoms with Gasteiger partial charge in [0.2, 0.25) is 0 Å². The summed E-state index contributed by atoms with van der Waals surface area (Å²) in [5.41, 5.74) is -0.981. The van der Waals surface area contributed by atoms with Crippen LogP contribution in [-0.2, 0) is 9.53 Å². The monoisotopic (exact) mass is 243 g/mol. The lowest BCUT2D eigenvalue weighted by Gasteiger charge is -2.35. The smallest absolute Gasteiger partial charge is 0.326 e. The molecule has 0 saturated heterocycles. The molecule has 0 heterocycles. The van der Waals surface area contributed by atoms with E-state index in [9.17, 15) is 9.90 Å². The maximum absolute atomic E-state index is 11.3. The van der Waals surface area contributed by atoms with Crippen LogP contribution in [0.2, 0.25) is 0 Å². The first kappa shape index (κ1) is 14.5. The normalized spacial score (nSPS) is 23.0. The first-order valence-corrected chi connectivity index (χ1v) is 6.49. The van der Waals surface area contributed by atoms with Gasteiger partial charge < -0.3 is 9.84 Å². The number of ether oxygens (including phenoxy) is 1. The molecule has 4 nitrogen and oxygen atoms in total. The van der Waals surface area contributed by atoms with Gasteiger partial charge in [-0.2, -0.15) is 0 Å². The summed E-state index contributed by atoms with van der Waals surface area (Å²) in [5, 5.41) is 12.5. The number of hydrogen-bond acceptors (Lipinski definition) is 3. The third-order valence-electron chi connectivity index (χ3n) is 3.81. The molecule has 1 rings (SSSR count). The van der Waals surface area contributed by atoms with Crippen LogP contribution in [0.25, 0.3) is 0 Å². The van der Waals surface area contributed by atoms with Gasteiger partial charge in [-0.05, 0) is 32.6 Å². The molecule has 4 heteroatoms. The lowest BCUT2D eigenvalue weighted by Crippen LogP contribution is -2.57. The van der Waals surface area contributed by atoms with Gasteiger partial charge in [-0.3, -0.25) is 10.1 Å². The summed E-state index contributed by atoms with van der Waals surface area (Å²) >= 11 is 0. The number of rotatable bonds is 6. The Labute approximate surface area is 104 Å². The van der Waals surface area contributed by atoms with Gasteiger partial charge in [-0.1, -0.05) is 19.3 Å². The summed E-state index contributed by atoms with van der Waals surface area (Å²) in [6.07, 6.45) is 6.26. The second kappa shape index (κ2) is 6.36. The molecule has 0 amide bonds. The Bertz CT molecular complexity index is 251. The van der Waals surface area contributed by atoms with Gasteiger partial charge in [0.05, 0.1) is 6.61 Å². The van der Waals surface area contributed by atoms with Crippen LogP contribution in [0.15, 0.2) is 0 Å². The van der Waals surface area contributed by atoms with Gasteiger partial charge in [0.1, 0.15) is 5.54 Å². The second-order valence-electron chi connectivity index (χ2n) is 5.40. The number of hydrogen-bond donors (Lipinski definition) is 2. The molecule has 0 bridgehead atoms. The zero-order valence-electron chi connectivity index (χ0n) is 11.2. The lowest BCUT2D eigenvalue weighted by molar-refractivity contribution is -0.147. The molecule has 0 radical (unpaired) electrons. The number of carboxylic acids is 1. The van der Waals surface area contributed by atoms with Crippen molar-refractivity contribution < 1.29 is 14.6 Å². The van der Waals surface area contributed by atoms with E-state index in [0.29, 0.717) is 5.92 Å². The quantitative estimate of drug-likeness (QED) is 0.749. The molecule has 0 aromatic rings. The second-order valence-corrected chi connectivity index (χ2v) is 5.40. The summed E-state index contributed by atoms with van der Waals surface area (Å²) in [4.78, 5) is 11.3. The average molecular weight is 243 g/mol. The van der Waals surface area contributed by atoms with Crippen LogP contribution >= 0.6 is 0 Å². The first-order valence-electron chi connectivity index (χ1n) is 6.49. The lowest BCUT2D eigenvalue weighted by atomic mass is 9.83. The number of carboxylic acid groups (broad SMARTS) is 1. The summed E-state index contributed by atoms with van der Waals surface area (Å²) in [6.45, 7) is 3.98. The molecule has 1 fully saturated rings. The van der Waals surface area contributed by atoms with Crippen molar-refractivity contribution in [3.63, 3.8) is 0 Å². The van der Waals surface area contributed by atoms with Crippen LogP contribution in [0.4, 0.5) is 0 Å². The largest absolute Gasteiger partial charge is 0.480 e. The Morgan fingerprint density at radius 3 is 2.53 bits per heavy atom. The molecule has 0 spiro atoms. The summed E-state index contributed by atoms with van der Waals surface area (Å²) in [7, 11) is 1.54. The Hall–Kier alpha value is -0.610. The number of methoxy groups -OCH3 is 1. The highest BCUT2D eigenvalue weighted by Crippen LogP contribution is 2.27. The first-order chi connectivity index (χ1) is 7.99. The maximum atomic E-state index is 11.3. The highest BCUT2D eigenvalue weighted by atomic mass is 16.5. The Morgan fingerprint density at radius 2 is 2.06 bits per heavy atom. The molecule has 2 N–H and O–H groups in total. The van der Waals surface area contributed by atoms with E-state index in [2.05, 4.69) is 12.2 Å². The van der Waals surface area contributed by atoms with Crippen molar-refractivity contribution >= 4 is 5.97 Å². The fraction of sp³-hybridized carbons (Fsp3) is 0.923. The minimum absolute atomic E-state index is 0.194. The van der Waals surface area contributed by atoms with Gasteiger partial charge in [0, 0.05) is 13.2 Å². The number of nitrogens with one attached hydrogen (secondary N) is 1. The van der Waals surface area contributed by atoms with E-state index >= 15 is 0 Å². The molecule has 100 valence electrons. The SMILES string of the molecule is COCC(C)(NC(C)C1CCCCC1)C(=O)O. The van der Waals surface area contributed by atoms with Crippen molar-refractivity contribution in [1.82, 2.24) is 5.32 Å². The van der Waals surface area contributed by atoms with Crippen molar-refractivity contribution in [2.24, 2.45) is 5.92 Å². The van der Waals surface area contributed by atoms with E-state index in [1.807, 2.05) is 0 Å². The predicted octanol–water partition coefficient (Wildman–Crippen LogP) is 2.03. The third-order valence-corrected chi connectivity index (χ3v) is 3.81. The van der Waals surface area contributed by atoms with Gasteiger partial charge in [0.25, 0.3) is 0 Å². The van der Waals surface area contributed by atoms with Crippen molar-refractivity contribution in [2.45, 2.75) is 57.5 Å². The molecule has 2 unspecified atom stereocenters. The van der Waals surface area contributed by atoms with E-state index in [4.69, 9.17) is 4.74 Å². The Morgan fingerprint density at radius 1 is 1.47 bits per heavy atom. The number of aliphatic carboxylic acids is 1. The van der Waals surface area contributed by atoms with Crippen LogP contribution < -0.4 is 5.32 Å². The fourth-order valence-electron chi connectivity index (χ4n) is 2.71. The van der Waals surface area contributed by atoms with E-state index in [1.165, 1.54) is 39.2 Å². The minimum atomic E-state index is -0.981. The highest BCUT2D eigenvalue weighted by molar-refractivity contribution is 5.78. The van der Waals surface area contributed by atoms with E-state index in [-0.39, 0.29) is 12.6 Å². The molecule has 0 aliphatic heterocycles. The molecule has 0 aromatic heterocycles. The molecule has 1 aliphatic carbocycles. The van der Waals surface area contributed by atoms with Crippen molar-refractivity contribution in [2.75, 3.05) is 13.7 Å². The van der Waals surface area contributed by atoms with Crippen LogP contribution in [0, 0.1) is 5.92 Å². The van der Waals surface area contributed by atoms with E-state index in [1.54, 1.807) is 6.92 Å². The topological polar surface area (TPSA) is 58.6 Å². The van der Waals surface area contributed by atoms with Crippen molar-refractivity contribution in [3.05, 3.63) is 0 Å². The minimum Gasteiger partial charge on any atom is -0.480 e. The molecule has 1 saturated carbocycles. The fourth-order valence-corrected chi connectivity index (χ4v) is 2.71. The molecule has 1 aliphatic rings. The van der Waals surface area contributed by atoms with Crippen LogP contribution in [0.3, 0.4) is 0 Å². The zero-order chi connectivity index (χ0) is 12.9. The Kier molecular flexibility index (Phi) is 5.40. The van der Waals surface area contributed by atoms with E-state index < -0.39 is 11.5 Å². The van der Waals surface area contributed by atoms with Crippen molar-refractivity contribution in [3.8, 4) is 0 Å². The molecule has 17 heavy (non-hydrogen) atoms. The predicted molar refractivity (Wildman–Crippen MR) is 67.1 cm³/mol. The van der Waals surface area contributed by atoms with E-state index in [0.717, 1.165) is 0 Å². The molecular weight excluding hydrogens is 218 g/mol.